The van der Waals surface area contributed by atoms with Crippen LogP contribution in [-0.2, 0) is 10.8 Å². The molecule has 2 atom stereocenters. The topological polar surface area (TPSA) is 0 Å². The van der Waals surface area contributed by atoms with Gasteiger partial charge in [0.15, 0.2) is 0 Å². The van der Waals surface area contributed by atoms with Crippen molar-refractivity contribution in [3.8, 4) is 0 Å². The molecule has 0 saturated carbocycles. The van der Waals surface area contributed by atoms with E-state index in [4.69, 9.17) is 0 Å². The van der Waals surface area contributed by atoms with E-state index in [1.165, 1.54) is 45.5 Å². The molecule has 0 fully saturated rings. The van der Waals surface area contributed by atoms with E-state index < -0.39 is 9.52 Å². The van der Waals surface area contributed by atoms with Gasteiger partial charge in [0, 0.05) is 20.3 Å². The van der Waals surface area contributed by atoms with Gasteiger partial charge in [-0.05, 0) is 58.3 Å². The molecule has 3 heteroatoms. The molecule has 0 nitrogen and oxygen atoms in total. The van der Waals surface area contributed by atoms with Gasteiger partial charge < -0.3 is 0 Å². The molecule has 0 bridgehead atoms. The Balaban J connectivity index is 0.00000176. The zero-order valence-corrected chi connectivity index (χ0v) is 23.5. The summed E-state index contributed by atoms with van der Waals surface area (Å²) in [7, 11) is -0.491. The Bertz CT molecular complexity index is 1360. The first-order valence-corrected chi connectivity index (χ1v) is 16.0. The van der Waals surface area contributed by atoms with Gasteiger partial charge in [0.05, 0.1) is 0 Å². The second kappa shape index (κ2) is 12.5. The van der Waals surface area contributed by atoms with Gasteiger partial charge >= 0.3 is 37.7 Å². The first-order chi connectivity index (χ1) is 18.2. The first kappa shape index (κ1) is 29.7. The zero-order valence-electron chi connectivity index (χ0n) is 22.1. The quantitative estimate of drug-likeness (QED) is 0.218. The van der Waals surface area contributed by atoms with Crippen molar-refractivity contribution >= 4 is 59.4 Å². The summed E-state index contributed by atoms with van der Waals surface area (Å²) < 4.78 is 0. The van der Waals surface area contributed by atoms with Gasteiger partial charge in [0.25, 0.3) is 0 Å². The van der Waals surface area contributed by atoms with Crippen LogP contribution in [0.25, 0.3) is 12.2 Å². The van der Waals surface area contributed by atoms with Crippen LogP contribution < -0.4 is 0 Å². The predicted molar refractivity (Wildman–Crippen MR) is 176 cm³/mol. The maximum atomic E-state index is 2.49. The third-order valence-corrected chi connectivity index (χ3v) is 11.2. The standard InChI is InChI=1S/C36H36Si.2Li.2H/c1-3-29-23-27-15-11-13-21-33(27)35(29,31-17-7-5-8-18-31)25-37-26-36(32-19-9-6-10-20-32)30(4-2)24-28-16-12-14-22-34(28)36;;;;/h5-24H,3-4,25-26,37H2,1-2H3;;;;. The molecule has 4 aromatic carbocycles. The summed E-state index contributed by atoms with van der Waals surface area (Å²) in [6, 6.07) is 43.5. The summed E-state index contributed by atoms with van der Waals surface area (Å²) in [5.41, 5.74) is 12.0. The summed E-state index contributed by atoms with van der Waals surface area (Å²) in [4.78, 5) is 0. The Morgan fingerprint density at radius 3 is 1.23 bits per heavy atom. The summed E-state index contributed by atoms with van der Waals surface area (Å²) in [5, 5.41) is 0. The molecule has 2 unspecified atom stereocenters. The molecule has 2 aliphatic rings. The molecule has 6 rings (SSSR count). The molecule has 2 aliphatic carbocycles. The fourth-order valence-electron chi connectivity index (χ4n) is 7.42. The van der Waals surface area contributed by atoms with E-state index in [1.54, 1.807) is 11.1 Å². The van der Waals surface area contributed by atoms with Crippen molar-refractivity contribution in [3.05, 3.63) is 154 Å². The van der Waals surface area contributed by atoms with Gasteiger partial charge in [0.2, 0.25) is 0 Å². The molecular formula is C36H38Li2Si. The Morgan fingerprint density at radius 1 is 0.487 bits per heavy atom. The fraction of sp³-hybridized carbons (Fsp3) is 0.222. The minimum absolute atomic E-state index is 0. The molecule has 0 spiro atoms. The molecule has 188 valence electrons. The molecule has 4 aromatic rings. The molecule has 0 heterocycles. The molecule has 39 heavy (non-hydrogen) atoms. The van der Waals surface area contributed by atoms with Crippen molar-refractivity contribution in [1.82, 2.24) is 0 Å². The molecule has 0 amide bonds. The molecule has 0 N–H and O–H groups in total. The van der Waals surface area contributed by atoms with Crippen LogP contribution in [0.15, 0.2) is 120 Å². The summed E-state index contributed by atoms with van der Waals surface area (Å²) in [5.74, 6) is 0. The number of rotatable bonds is 8. The van der Waals surface area contributed by atoms with E-state index >= 15 is 0 Å². The van der Waals surface area contributed by atoms with Crippen LogP contribution >= 0.6 is 0 Å². The minimum atomic E-state index is -0.491. The van der Waals surface area contributed by atoms with Crippen LogP contribution in [0.1, 0.15) is 60.1 Å². The average molecular weight is 513 g/mol. The van der Waals surface area contributed by atoms with E-state index in [9.17, 15) is 0 Å². The van der Waals surface area contributed by atoms with Crippen molar-refractivity contribution in [2.45, 2.75) is 49.6 Å². The van der Waals surface area contributed by atoms with Gasteiger partial charge in [-0.15, -0.1) is 0 Å². The third kappa shape index (κ3) is 4.84. The monoisotopic (exact) mass is 512 g/mol. The van der Waals surface area contributed by atoms with Gasteiger partial charge in [-0.2, -0.15) is 0 Å². The van der Waals surface area contributed by atoms with Gasteiger partial charge in [-0.1, -0.05) is 146 Å². The first-order valence-electron chi connectivity index (χ1n) is 14.0. The summed E-state index contributed by atoms with van der Waals surface area (Å²) >= 11 is 0. The number of hydrogen-bond acceptors (Lipinski definition) is 0. The Morgan fingerprint density at radius 2 is 0.846 bits per heavy atom. The van der Waals surface area contributed by atoms with Crippen molar-refractivity contribution in [3.63, 3.8) is 0 Å². The SMILES string of the molecule is CCC1=Cc2ccccc2C1(C[SiH2]CC1(c2ccccc2)C(CC)=Cc2ccccc21)c1ccccc1.[LiH].[LiH]. The molecule has 0 radical (unpaired) electrons. The van der Waals surface area contributed by atoms with E-state index in [1.807, 2.05) is 0 Å². The van der Waals surface area contributed by atoms with Crippen molar-refractivity contribution in [2.24, 2.45) is 0 Å². The van der Waals surface area contributed by atoms with Crippen LogP contribution in [0.2, 0.25) is 12.1 Å². The van der Waals surface area contributed by atoms with E-state index in [-0.39, 0.29) is 48.6 Å². The molecule has 0 aliphatic heterocycles. The number of allylic oxidation sites excluding steroid dienone is 2. The van der Waals surface area contributed by atoms with Crippen LogP contribution in [0.4, 0.5) is 0 Å². The van der Waals surface area contributed by atoms with Crippen molar-refractivity contribution in [1.29, 1.82) is 0 Å². The average Bonchev–Trinajstić information content (AvgIpc) is 3.47. The fourth-order valence-corrected chi connectivity index (χ4v) is 10.4. The van der Waals surface area contributed by atoms with Gasteiger partial charge in [0.1, 0.15) is 0 Å². The second-order valence-electron chi connectivity index (χ2n) is 10.6. The van der Waals surface area contributed by atoms with E-state index in [0.29, 0.717) is 0 Å². The second-order valence-corrected chi connectivity index (χ2v) is 12.3. The Hall–Kier alpha value is -2.23. The Kier molecular flexibility index (Phi) is 9.55. The van der Waals surface area contributed by atoms with E-state index in [2.05, 4.69) is 135 Å². The predicted octanol–water partition coefficient (Wildman–Crippen LogP) is 7.28. The summed E-state index contributed by atoms with van der Waals surface area (Å²) in [6.45, 7) is 4.68. The Labute approximate surface area is 261 Å². The van der Waals surface area contributed by atoms with Crippen LogP contribution in [-0.4, -0.2) is 47.2 Å². The number of hydrogen-bond donors (Lipinski definition) is 0. The van der Waals surface area contributed by atoms with Crippen LogP contribution in [0.5, 0.6) is 0 Å². The number of benzene rings is 4. The van der Waals surface area contributed by atoms with E-state index in [0.717, 1.165) is 12.8 Å². The normalized spacial score (nSPS) is 21.0. The van der Waals surface area contributed by atoms with Gasteiger partial charge in [-0.25, -0.2) is 0 Å². The third-order valence-electron chi connectivity index (χ3n) is 9.00. The van der Waals surface area contributed by atoms with Crippen molar-refractivity contribution in [2.75, 3.05) is 0 Å². The van der Waals surface area contributed by atoms with Gasteiger partial charge in [-0.3, -0.25) is 0 Å². The van der Waals surface area contributed by atoms with Crippen LogP contribution in [0.3, 0.4) is 0 Å². The maximum absolute atomic E-state index is 2.49. The summed E-state index contributed by atoms with van der Waals surface area (Å²) in [6.07, 6.45) is 7.16. The molecular weight excluding hydrogens is 474 g/mol. The zero-order chi connectivity index (χ0) is 25.3. The number of fused-ring (bicyclic) bond motifs is 2. The van der Waals surface area contributed by atoms with Crippen molar-refractivity contribution < 1.29 is 0 Å². The molecule has 0 aromatic heterocycles. The van der Waals surface area contributed by atoms with Crippen LogP contribution in [0, 0.1) is 0 Å². The molecule has 0 saturated heterocycles.